The van der Waals surface area contributed by atoms with E-state index in [-0.39, 0.29) is 18.4 Å². The second kappa shape index (κ2) is 9.16. The highest BCUT2D eigenvalue weighted by Crippen LogP contribution is 2.10. The lowest BCUT2D eigenvalue weighted by molar-refractivity contribution is -0.125. The maximum Gasteiger partial charge on any atom is 0.239 e. The lowest BCUT2D eigenvalue weighted by Crippen LogP contribution is -2.37. The largest absolute Gasteiger partial charge is 0.355 e. The molecule has 0 aromatic heterocycles. The smallest absolute Gasteiger partial charge is 0.239 e. The van der Waals surface area contributed by atoms with E-state index in [0.29, 0.717) is 18.9 Å². The minimum atomic E-state index is -0.141. The highest BCUT2D eigenvalue weighted by atomic mass is 16.2. The molecular formula is C17H26N2O2. The molecule has 4 heteroatoms. The van der Waals surface area contributed by atoms with Gasteiger partial charge in [-0.25, -0.2) is 0 Å². The predicted molar refractivity (Wildman–Crippen MR) is 85.0 cm³/mol. The summed E-state index contributed by atoms with van der Waals surface area (Å²) in [5, 5.41) is 5.36. The van der Waals surface area contributed by atoms with Gasteiger partial charge in [-0.2, -0.15) is 0 Å². The van der Waals surface area contributed by atoms with Crippen LogP contribution < -0.4 is 10.6 Å². The van der Waals surface area contributed by atoms with Crippen molar-refractivity contribution in [3.63, 3.8) is 0 Å². The quantitative estimate of drug-likeness (QED) is 0.770. The molecule has 0 aliphatic rings. The highest BCUT2D eigenvalue weighted by molar-refractivity contribution is 5.85. The molecule has 1 aromatic rings. The van der Waals surface area contributed by atoms with E-state index in [1.165, 1.54) is 5.56 Å². The van der Waals surface area contributed by atoms with Gasteiger partial charge < -0.3 is 10.6 Å². The molecule has 116 valence electrons. The fraction of sp³-hybridized carbons (Fsp3) is 0.529. The van der Waals surface area contributed by atoms with Crippen molar-refractivity contribution in [3.05, 3.63) is 35.4 Å². The summed E-state index contributed by atoms with van der Waals surface area (Å²) in [6.45, 7) is 7.05. The van der Waals surface area contributed by atoms with Crippen LogP contribution in [0.5, 0.6) is 0 Å². The highest BCUT2D eigenvalue weighted by Gasteiger charge is 2.06. The minimum Gasteiger partial charge on any atom is -0.355 e. The number of amides is 2. The van der Waals surface area contributed by atoms with Crippen molar-refractivity contribution in [2.45, 2.75) is 40.0 Å². The Bertz CT molecular complexity index is 452. The van der Waals surface area contributed by atoms with Gasteiger partial charge in [-0.15, -0.1) is 0 Å². The van der Waals surface area contributed by atoms with Gasteiger partial charge in [0.1, 0.15) is 0 Å². The van der Waals surface area contributed by atoms with Crippen LogP contribution in [-0.2, 0) is 22.4 Å². The van der Waals surface area contributed by atoms with E-state index in [9.17, 15) is 9.59 Å². The molecule has 21 heavy (non-hydrogen) atoms. The standard InChI is InChI=1S/C17H26N2O2/c1-4-9-18-17(21)12-19-16(20)11-15-7-5-14(6-8-15)10-13(2)3/h5-8,13H,4,9-12H2,1-3H3,(H,18,21)(H,19,20). The van der Waals surface area contributed by atoms with Gasteiger partial charge in [-0.1, -0.05) is 45.0 Å². The first-order valence-electron chi connectivity index (χ1n) is 7.62. The van der Waals surface area contributed by atoms with Gasteiger partial charge in [0.25, 0.3) is 0 Å². The van der Waals surface area contributed by atoms with Crippen LogP contribution >= 0.6 is 0 Å². The number of carbonyl (C=O) groups excluding carboxylic acids is 2. The first-order valence-corrected chi connectivity index (χ1v) is 7.62. The summed E-state index contributed by atoms with van der Waals surface area (Å²) in [6.07, 6.45) is 2.25. The van der Waals surface area contributed by atoms with Crippen molar-refractivity contribution in [1.82, 2.24) is 10.6 Å². The van der Waals surface area contributed by atoms with E-state index in [1.807, 2.05) is 19.1 Å². The fourth-order valence-corrected chi connectivity index (χ4v) is 2.02. The molecule has 0 bridgehead atoms. The monoisotopic (exact) mass is 290 g/mol. The molecule has 0 unspecified atom stereocenters. The number of hydrogen-bond acceptors (Lipinski definition) is 2. The SMILES string of the molecule is CCCNC(=O)CNC(=O)Cc1ccc(CC(C)C)cc1. The lowest BCUT2D eigenvalue weighted by atomic mass is 10.0. The minimum absolute atomic E-state index is 0.0459. The van der Waals surface area contributed by atoms with Crippen LogP contribution in [-0.4, -0.2) is 24.9 Å². The van der Waals surface area contributed by atoms with Gasteiger partial charge in [0, 0.05) is 6.54 Å². The molecule has 0 heterocycles. The molecule has 1 rings (SSSR count). The molecule has 0 radical (unpaired) electrons. The predicted octanol–water partition coefficient (Wildman–Crippen LogP) is 2.07. The van der Waals surface area contributed by atoms with E-state index in [0.717, 1.165) is 18.4 Å². The molecule has 1 aromatic carbocycles. The van der Waals surface area contributed by atoms with E-state index in [2.05, 4.69) is 36.6 Å². The topological polar surface area (TPSA) is 58.2 Å². The summed E-state index contributed by atoms with van der Waals surface area (Å²) in [5.74, 6) is 0.358. The summed E-state index contributed by atoms with van der Waals surface area (Å²) in [4.78, 5) is 23.1. The number of carbonyl (C=O) groups is 2. The summed E-state index contributed by atoms with van der Waals surface area (Å²) < 4.78 is 0. The van der Waals surface area contributed by atoms with Gasteiger partial charge in [-0.05, 0) is 29.9 Å². The summed E-state index contributed by atoms with van der Waals surface area (Å²) >= 11 is 0. The van der Waals surface area contributed by atoms with Gasteiger partial charge in [0.2, 0.25) is 11.8 Å². The van der Waals surface area contributed by atoms with Crippen LogP contribution in [0.1, 0.15) is 38.3 Å². The molecule has 4 nitrogen and oxygen atoms in total. The van der Waals surface area contributed by atoms with Crippen LogP contribution in [0.2, 0.25) is 0 Å². The third kappa shape index (κ3) is 7.49. The Balaban J connectivity index is 2.35. The number of nitrogens with one attached hydrogen (secondary N) is 2. The maximum absolute atomic E-state index is 11.8. The van der Waals surface area contributed by atoms with Gasteiger partial charge in [0.15, 0.2) is 0 Å². The number of benzene rings is 1. The summed E-state index contributed by atoms with van der Waals surface area (Å²) in [7, 11) is 0. The van der Waals surface area contributed by atoms with Crippen LogP contribution in [0.4, 0.5) is 0 Å². The Morgan fingerprint density at radius 3 is 2.19 bits per heavy atom. The molecule has 2 amide bonds. The second-order valence-electron chi connectivity index (χ2n) is 5.72. The molecule has 2 N–H and O–H groups in total. The Hall–Kier alpha value is -1.84. The lowest BCUT2D eigenvalue weighted by Gasteiger charge is -2.08. The molecule has 0 atom stereocenters. The zero-order valence-electron chi connectivity index (χ0n) is 13.2. The van der Waals surface area contributed by atoms with Crippen molar-refractivity contribution in [3.8, 4) is 0 Å². The molecule has 0 aliphatic carbocycles. The van der Waals surface area contributed by atoms with Crippen LogP contribution in [0.25, 0.3) is 0 Å². The normalized spacial score (nSPS) is 10.5. The average Bonchev–Trinajstić information content (AvgIpc) is 2.44. The Morgan fingerprint density at radius 2 is 1.62 bits per heavy atom. The zero-order valence-corrected chi connectivity index (χ0v) is 13.2. The van der Waals surface area contributed by atoms with Crippen molar-refractivity contribution in [2.75, 3.05) is 13.1 Å². The first-order chi connectivity index (χ1) is 10.0. The van der Waals surface area contributed by atoms with Gasteiger partial charge >= 0.3 is 0 Å². The molecule has 0 saturated carbocycles. The molecule has 0 fully saturated rings. The Morgan fingerprint density at radius 1 is 1.00 bits per heavy atom. The number of hydrogen-bond donors (Lipinski definition) is 2. The molecule has 0 spiro atoms. The summed E-state index contributed by atoms with van der Waals surface area (Å²) in [6, 6.07) is 8.09. The maximum atomic E-state index is 11.8. The van der Waals surface area contributed by atoms with E-state index >= 15 is 0 Å². The molecule has 0 aliphatic heterocycles. The average molecular weight is 290 g/mol. The van der Waals surface area contributed by atoms with E-state index in [1.54, 1.807) is 0 Å². The van der Waals surface area contributed by atoms with Crippen LogP contribution in [0.3, 0.4) is 0 Å². The number of rotatable bonds is 8. The van der Waals surface area contributed by atoms with Gasteiger partial charge in [-0.3, -0.25) is 9.59 Å². The van der Waals surface area contributed by atoms with Crippen LogP contribution in [0.15, 0.2) is 24.3 Å². The van der Waals surface area contributed by atoms with Crippen molar-refractivity contribution in [2.24, 2.45) is 5.92 Å². The Kier molecular flexibility index (Phi) is 7.51. The van der Waals surface area contributed by atoms with Crippen LogP contribution in [0, 0.1) is 5.92 Å². The zero-order chi connectivity index (χ0) is 15.7. The van der Waals surface area contributed by atoms with Crippen molar-refractivity contribution >= 4 is 11.8 Å². The molecular weight excluding hydrogens is 264 g/mol. The van der Waals surface area contributed by atoms with E-state index in [4.69, 9.17) is 0 Å². The van der Waals surface area contributed by atoms with Crippen molar-refractivity contribution in [1.29, 1.82) is 0 Å². The first kappa shape index (κ1) is 17.2. The molecule has 0 saturated heterocycles. The Labute approximate surface area is 127 Å². The third-order valence-corrected chi connectivity index (χ3v) is 3.05. The second-order valence-corrected chi connectivity index (χ2v) is 5.72. The van der Waals surface area contributed by atoms with Gasteiger partial charge in [0.05, 0.1) is 13.0 Å². The van der Waals surface area contributed by atoms with E-state index < -0.39 is 0 Å². The van der Waals surface area contributed by atoms with Crippen molar-refractivity contribution < 1.29 is 9.59 Å². The third-order valence-electron chi connectivity index (χ3n) is 3.05. The fourth-order valence-electron chi connectivity index (χ4n) is 2.02. The summed E-state index contributed by atoms with van der Waals surface area (Å²) in [5.41, 5.74) is 2.25.